The van der Waals surface area contributed by atoms with E-state index in [0.717, 1.165) is 61.5 Å². The smallest absolute Gasteiger partial charge is 0.238 e. The molecule has 0 saturated carbocycles. The number of fused-ring (bicyclic) bond motifs is 4. The van der Waals surface area contributed by atoms with Crippen LogP contribution in [0.3, 0.4) is 0 Å². The first-order chi connectivity index (χ1) is 25.3. The molecule has 0 unspecified atom stereocenters. The first kappa shape index (κ1) is 27.8. The molecule has 7 heteroatoms. The molecule has 0 fully saturated rings. The van der Waals surface area contributed by atoms with Gasteiger partial charge in [0.2, 0.25) is 5.95 Å². The fourth-order valence-electron chi connectivity index (χ4n) is 7.85. The highest BCUT2D eigenvalue weighted by Crippen LogP contribution is 2.50. The number of pyridine rings is 1. The Morgan fingerprint density at radius 3 is 1.67 bits per heavy atom. The predicted octanol–water partition coefficient (Wildman–Crippen LogP) is 10.6. The van der Waals surface area contributed by atoms with E-state index in [2.05, 4.69) is 99.0 Å². The van der Waals surface area contributed by atoms with Gasteiger partial charge in [-0.1, -0.05) is 109 Å². The molecular formula is C44H27N7. The second-order valence-corrected chi connectivity index (χ2v) is 12.7. The number of nitrogens with zero attached hydrogens (tertiary/aromatic N) is 7. The molecule has 0 atom stereocenters. The van der Waals surface area contributed by atoms with Gasteiger partial charge in [-0.25, -0.2) is 9.97 Å². The van der Waals surface area contributed by atoms with Gasteiger partial charge in [0.1, 0.15) is 5.82 Å². The Kier molecular flexibility index (Phi) is 5.83. The van der Waals surface area contributed by atoms with Gasteiger partial charge in [0.05, 0.1) is 39.1 Å². The van der Waals surface area contributed by atoms with Crippen LogP contribution in [-0.2, 0) is 0 Å². The largest absolute Gasteiger partial charge is 0.305 e. The number of rotatable bonds is 4. The molecule has 51 heavy (non-hydrogen) atoms. The molecule has 0 spiro atoms. The van der Waals surface area contributed by atoms with Crippen molar-refractivity contribution in [3.05, 3.63) is 164 Å². The van der Waals surface area contributed by atoms with Crippen LogP contribution in [0.2, 0.25) is 0 Å². The fraction of sp³-hybridized carbons (Fsp3) is 0. The quantitative estimate of drug-likeness (QED) is 0.189. The lowest BCUT2D eigenvalue weighted by molar-refractivity contribution is 1.00. The Hall–Kier alpha value is -7.12. The number of hydrogen-bond donors (Lipinski definition) is 0. The highest BCUT2D eigenvalue weighted by Gasteiger charge is 2.31. The van der Waals surface area contributed by atoms with Gasteiger partial charge in [-0.15, -0.1) is 0 Å². The van der Waals surface area contributed by atoms with E-state index in [0.29, 0.717) is 17.6 Å². The number of benzene rings is 6. The van der Waals surface area contributed by atoms with Crippen LogP contribution in [0.5, 0.6) is 0 Å². The summed E-state index contributed by atoms with van der Waals surface area (Å²) >= 11 is 0. The number of aromatic nitrogens is 6. The number of hydrogen-bond acceptors (Lipinski definition) is 5. The van der Waals surface area contributed by atoms with Crippen molar-refractivity contribution >= 4 is 60.9 Å². The lowest BCUT2D eigenvalue weighted by Crippen LogP contribution is -2.21. The standard InChI is InChI=1S/C44H27N7/c1-3-14-28(15-4-1)42-46-43(29-16-5-2-6-17-29)48-44(47-42)51-33-21-8-7-20-32(33)50-36-24-13-23-35-40(36)39-30(31-19-12-25-37(51)41(31)50)18-11-22-34(39)49(35)38-26-9-10-27-45-38/h1-27H. The Balaban J connectivity index is 1.29. The third-order valence-electron chi connectivity index (χ3n) is 9.93. The Morgan fingerprint density at radius 2 is 0.961 bits per heavy atom. The average molecular weight is 654 g/mol. The molecule has 238 valence electrons. The maximum Gasteiger partial charge on any atom is 0.238 e. The van der Waals surface area contributed by atoms with E-state index < -0.39 is 0 Å². The van der Waals surface area contributed by atoms with Crippen LogP contribution in [0.15, 0.2) is 164 Å². The summed E-state index contributed by atoms with van der Waals surface area (Å²) in [6.07, 6.45) is 1.86. The summed E-state index contributed by atoms with van der Waals surface area (Å²) in [6.45, 7) is 0. The van der Waals surface area contributed by atoms with Crippen LogP contribution in [0.4, 0.5) is 17.3 Å². The van der Waals surface area contributed by atoms with Gasteiger partial charge in [0.25, 0.3) is 0 Å². The van der Waals surface area contributed by atoms with E-state index in [1.165, 1.54) is 16.2 Å². The molecule has 6 aromatic carbocycles. The lowest BCUT2D eigenvalue weighted by Gasteiger charge is -2.32. The van der Waals surface area contributed by atoms with Gasteiger partial charge in [0, 0.05) is 33.5 Å². The van der Waals surface area contributed by atoms with E-state index in [9.17, 15) is 0 Å². The Morgan fingerprint density at radius 1 is 0.392 bits per heavy atom. The molecule has 5 heterocycles. The zero-order valence-corrected chi connectivity index (χ0v) is 27.2. The molecule has 7 nitrogen and oxygen atoms in total. The van der Waals surface area contributed by atoms with Crippen molar-refractivity contribution in [2.45, 2.75) is 0 Å². The van der Waals surface area contributed by atoms with Crippen LogP contribution in [-0.4, -0.2) is 29.1 Å². The zero-order chi connectivity index (χ0) is 33.5. The molecule has 10 aromatic rings. The Bertz CT molecular complexity index is 2910. The van der Waals surface area contributed by atoms with Gasteiger partial charge < -0.3 is 4.57 Å². The molecule has 1 aliphatic heterocycles. The highest BCUT2D eigenvalue weighted by atomic mass is 15.3. The van der Waals surface area contributed by atoms with Crippen LogP contribution in [0.25, 0.3) is 77.9 Å². The molecule has 11 rings (SSSR count). The molecule has 0 radical (unpaired) electrons. The molecule has 0 amide bonds. The monoisotopic (exact) mass is 653 g/mol. The van der Waals surface area contributed by atoms with Crippen molar-refractivity contribution in [2.75, 3.05) is 4.90 Å². The van der Waals surface area contributed by atoms with Crippen molar-refractivity contribution in [3.63, 3.8) is 0 Å². The van der Waals surface area contributed by atoms with Crippen molar-refractivity contribution < 1.29 is 0 Å². The van der Waals surface area contributed by atoms with Crippen LogP contribution < -0.4 is 4.90 Å². The minimum atomic E-state index is 0.559. The van der Waals surface area contributed by atoms with E-state index in [1.54, 1.807) is 0 Å². The van der Waals surface area contributed by atoms with Crippen molar-refractivity contribution in [1.29, 1.82) is 0 Å². The number of anilines is 3. The second-order valence-electron chi connectivity index (χ2n) is 12.7. The minimum Gasteiger partial charge on any atom is -0.305 e. The van der Waals surface area contributed by atoms with Crippen LogP contribution in [0.1, 0.15) is 0 Å². The molecule has 4 aromatic heterocycles. The predicted molar refractivity (Wildman–Crippen MR) is 205 cm³/mol. The first-order valence-corrected chi connectivity index (χ1v) is 17.0. The third-order valence-corrected chi connectivity index (χ3v) is 9.93. The molecular weight excluding hydrogens is 627 g/mol. The fourth-order valence-corrected chi connectivity index (χ4v) is 7.85. The van der Waals surface area contributed by atoms with Crippen LogP contribution in [0, 0.1) is 0 Å². The SMILES string of the molecule is c1ccc(-c2nc(-c3ccccc3)nc(N3c4ccccc4-n4c5cccc6c5c5c(cccc5n6-c5ccccn5)c5cccc3c54)n2)cc1. The van der Waals surface area contributed by atoms with Gasteiger partial charge in [-0.2, -0.15) is 9.97 Å². The van der Waals surface area contributed by atoms with Crippen molar-refractivity contribution in [3.8, 4) is 34.3 Å². The van der Waals surface area contributed by atoms with E-state index in [4.69, 9.17) is 19.9 Å². The summed E-state index contributed by atoms with van der Waals surface area (Å²) in [5.41, 5.74) is 9.30. The summed E-state index contributed by atoms with van der Waals surface area (Å²) in [5, 5.41) is 4.70. The van der Waals surface area contributed by atoms with Crippen LogP contribution >= 0.6 is 0 Å². The van der Waals surface area contributed by atoms with Gasteiger partial charge >= 0.3 is 0 Å². The maximum atomic E-state index is 5.20. The molecule has 0 saturated heterocycles. The first-order valence-electron chi connectivity index (χ1n) is 17.0. The summed E-state index contributed by atoms with van der Waals surface area (Å²) in [6, 6.07) is 54.7. The third kappa shape index (κ3) is 4.00. The van der Waals surface area contributed by atoms with Crippen molar-refractivity contribution in [1.82, 2.24) is 29.1 Å². The maximum absolute atomic E-state index is 5.20. The molecule has 0 aliphatic carbocycles. The minimum absolute atomic E-state index is 0.559. The van der Waals surface area contributed by atoms with Crippen molar-refractivity contribution in [2.24, 2.45) is 0 Å². The highest BCUT2D eigenvalue weighted by molar-refractivity contribution is 6.29. The molecule has 0 bridgehead atoms. The zero-order valence-electron chi connectivity index (χ0n) is 27.2. The second kappa shape index (κ2) is 10.7. The van der Waals surface area contributed by atoms with E-state index in [-0.39, 0.29) is 0 Å². The Labute approximate surface area is 292 Å². The van der Waals surface area contributed by atoms with Gasteiger partial charge in [-0.05, 0) is 53.9 Å². The topological polar surface area (TPSA) is 64.7 Å². The normalized spacial score (nSPS) is 12.3. The summed E-state index contributed by atoms with van der Waals surface area (Å²) in [5.74, 6) is 2.69. The van der Waals surface area contributed by atoms with E-state index >= 15 is 0 Å². The summed E-state index contributed by atoms with van der Waals surface area (Å²) in [4.78, 5) is 22.4. The van der Waals surface area contributed by atoms with Gasteiger partial charge in [0.15, 0.2) is 11.6 Å². The summed E-state index contributed by atoms with van der Waals surface area (Å²) < 4.78 is 4.72. The lowest BCUT2D eigenvalue weighted by atomic mass is 10.0. The average Bonchev–Trinajstić information content (AvgIpc) is 3.49. The summed E-state index contributed by atoms with van der Waals surface area (Å²) in [7, 11) is 0. The van der Waals surface area contributed by atoms with Gasteiger partial charge in [-0.3, -0.25) is 9.47 Å². The van der Waals surface area contributed by atoms with E-state index in [1.807, 2.05) is 79.0 Å². The molecule has 1 aliphatic rings. The number of para-hydroxylation sites is 3. The molecule has 0 N–H and O–H groups in total.